The number of ether oxygens (including phenoxy) is 1. The molecular formula is C25H30N4O5S. The maximum Gasteiger partial charge on any atom is 0.340 e. The Morgan fingerprint density at radius 3 is 2.31 bits per heavy atom. The lowest BCUT2D eigenvalue weighted by Crippen LogP contribution is -2.35. The van der Waals surface area contributed by atoms with Crippen molar-refractivity contribution in [3.63, 3.8) is 0 Å². The first-order chi connectivity index (χ1) is 16.8. The molecular weight excluding hydrogens is 468 g/mol. The van der Waals surface area contributed by atoms with Crippen molar-refractivity contribution in [2.45, 2.75) is 31.6 Å². The quantitative estimate of drug-likeness (QED) is 0.366. The third kappa shape index (κ3) is 5.99. The van der Waals surface area contributed by atoms with Crippen LogP contribution in [0, 0.1) is 11.3 Å². The van der Waals surface area contributed by atoms with Gasteiger partial charge in [0.2, 0.25) is 10.0 Å². The second-order valence-corrected chi connectivity index (χ2v) is 9.95. The molecule has 1 aliphatic heterocycles. The molecule has 0 saturated carbocycles. The van der Waals surface area contributed by atoms with Crippen molar-refractivity contribution in [2.24, 2.45) is 0 Å². The molecule has 1 aliphatic rings. The molecule has 0 N–H and O–H groups in total. The van der Waals surface area contributed by atoms with Gasteiger partial charge in [-0.3, -0.25) is 9.69 Å². The van der Waals surface area contributed by atoms with Gasteiger partial charge in [-0.05, 0) is 43.2 Å². The number of nitrogens with zero attached hydrogens (tertiary/aromatic N) is 4. The third-order valence-corrected chi connectivity index (χ3v) is 7.95. The van der Waals surface area contributed by atoms with Crippen molar-refractivity contribution in [1.82, 2.24) is 4.31 Å². The van der Waals surface area contributed by atoms with E-state index in [0.29, 0.717) is 24.5 Å². The van der Waals surface area contributed by atoms with Crippen LogP contribution in [0.5, 0.6) is 0 Å². The minimum Gasteiger partial charge on any atom is -0.452 e. The molecule has 0 unspecified atom stereocenters. The van der Waals surface area contributed by atoms with Crippen molar-refractivity contribution < 1.29 is 22.7 Å². The smallest absolute Gasteiger partial charge is 0.340 e. The molecule has 1 heterocycles. The standard InChI is InChI=1S/C25H30N4O5S/c1-3-28(4-2)35(32,33)21-12-13-23(27-15-8-9-16-27)22(18-21)25(31)34-19-24(30)29(17-14-26)20-10-6-5-7-11-20/h5-7,10-13,18H,3-4,8-9,15-17,19H2,1-2H3. The molecule has 2 aromatic carbocycles. The lowest BCUT2D eigenvalue weighted by atomic mass is 10.1. The fourth-order valence-electron chi connectivity index (χ4n) is 4.07. The molecule has 2 aromatic rings. The van der Waals surface area contributed by atoms with E-state index >= 15 is 0 Å². The van der Waals surface area contributed by atoms with E-state index in [1.54, 1.807) is 50.2 Å². The lowest BCUT2D eigenvalue weighted by Gasteiger charge is -2.23. The molecule has 0 aliphatic carbocycles. The van der Waals surface area contributed by atoms with Gasteiger partial charge in [-0.15, -0.1) is 0 Å². The SMILES string of the molecule is CCN(CC)S(=O)(=O)c1ccc(N2CCCC2)c(C(=O)OCC(=O)N(CC#N)c2ccccc2)c1. The summed E-state index contributed by atoms with van der Waals surface area (Å²) in [5.74, 6) is -1.34. The van der Waals surface area contributed by atoms with Crippen LogP contribution >= 0.6 is 0 Å². The third-order valence-electron chi connectivity index (χ3n) is 5.90. The van der Waals surface area contributed by atoms with Gasteiger partial charge in [0.25, 0.3) is 5.91 Å². The largest absolute Gasteiger partial charge is 0.452 e. The zero-order valence-corrected chi connectivity index (χ0v) is 20.8. The van der Waals surface area contributed by atoms with Gasteiger partial charge in [0.1, 0.15) is 6.54 Å². The fourth-order valence-corrected chi connectivity index (χ4v) is 5.56. The maximum absolute atomic E-state index is 13.1. The highest BCUT2D eigenvalue weighted by atomic mass is 32.2. The predicted molar refractivity (Wildman–Crippen MR) is 133 cm³/mol. The number of esters is 1. The van der Waals surface area contributed by atoms with Crippen molar-refractivity contribution in [2.75, 3.05) is 49.1 Å². The van der Waals surface area contributed by atoms with E-state index in [-0.39, 0.29) is 17.0 Å². The monoisotopic (exact) mass is 498 g/mol. The number of anilines is 2. The van der Waals surface area contributed by atoms with Crippen molar-refractivity contribution in [3.8, 4) is 6.07 Å². The predicted octanol–water partition coefficient (Wildman–Crippen LogP) is 3.03. The highest BCUT2D eigenvalue weighted by Gasteiger charge is 2.27. The van der Waals surface area contributed by atoms with Crippen LogP contribution in [0.15, 0.2) is 53.4 Å². The maximum atomic E-state index is 13.1. The van der Waals surface area contributed by atoms with Gasteiger partial charge in [-0.1, -0.05) is 32.0 Å². The van der Waals surface area contributed by atoms with Gasteiger partial charge in [0.15, 0.2) is 6.61 Å². The number of carbonyl (C=O) groups is 2. The van der Waals surface area contributed by atoms with Crippen molar-refractivity contribution in [3.05, 3.63) is 54.1 Å². The molecule has 0 spiro atoms. The Morgan fingerprint density at radius 2 is 1.71 bits per heavy atom. The summed E-state index contributed by atoms with van der Waals surface area (Å²) in [6, 6.07) is 15.1. The Kier molecular flexibility index (Phi) is 8.84. The van der Waals surface area contributed by atoms with Crippen LogP contribution in [-0.4, -0.2) is 63.9 Å². The second kappa shape index (κ2) is 11.8. The Labute approximate surface area is 206 Å². The second-order valence-electron chi connectivity index (χ2n) is 8.01. The van der Waals surface area contributed by atoms with Gasteiger partial charge in [0.05, 0.1) is 22.2 Å². The Balaban J connectivity index is 1.87. The van der Waals surface area contributed by atoms with Crippen molar-refractivity contribution in [1.29, 1.82) is 5.26 Å². The summed E-state index contributed by atoms with van der Waals surface area (Å²) in [5, 5.41) is 9.13. The van der Waals surface area contributed by atoms with Gasteiger partial charge < -0.3 is 9.64 Å². The Bertz CT molecular complexity index is 1180. The minimum absolute atomic E-state index is 0.00202. The van der Waals surface area contributed by atoms with Gasteiger partial charge >= 0.3 is 5.97 Å². The summed E-state index contributed by atoms with van der Waals surface area (Å²) >= 11 is 0. The average molecular weight is 499 g/mol. The van der Waals surface area contributed by atoms with Crippen LogP contribution in [0.25, 0.3) is 0 Å². The highest BCUT2D eigenvalue weighted by Crippen LogP contribution is 2.29. The van der Waals surface area contributed by atoms with Crippen LogP contribution in [0.4, 0.5) is 11.4 Å². The molecule has 1 amide bonds. The zero-order valence-electron chi connectivity index (χ0n) is 20.0. The molecule has 0 radical (unpaired) electrons. The number of sulfonamides is 1. The number of nitriles is 1. The first-order valence-electron chi connectivity index (χ1n) is 11.6. The van der Waals surface area contributed by atoms with Crippen molar-refractivity contribution >= 4 is 33.3 Å². The molecule has 1 fully saturated rings. The highest BCUT2D eigenvalue weighted by molar-refractivity contribution is 7.89. The summed E-state index contributed by atoms with van der Waals surface area (Å²) in [6.45, 7) is 4.81. The molecule has 0 aromatic heterocycles. The van der Waals surface area contributed by atoms with Crippen LogP contribution < -0.4 is 9.80 Å². The number of benzene rings is 2. The number of carbonyl (C=O) groups excluding carboxylic acids is 2. The molecule has 3 rings (SSSR count). The topological polar surface area (TPSA) is 111 Å². The van der Waals surface area contributed by atoms with Gasteiger partial charge in [-0.2, -0.15) is 9.57 Å². The van der Waals surface area contributed by atoms with E-state index in [1.807, 2.05) is 11.0 Å². The van der Waals surface area contributed by atoms with Gasteiger partial charge in [0, 0.05) is 31.9 Å². The molecule has 9 nitrogen and oxygen atoms in total. The molecule has 1 saturated heterocycles. The van der Waals surface area contributed by atoms with E-state index in [9.17, 15) is 18.0 Å². The van der Waals surface area contributed by atoms with E-state index in [2.05, 4.69) is 0 Å². The average Bonchev–Trinajstić information content (AvgIpc) is 3.41. The van der Waals surface area contributed by atoms with E-state index in [4.69, 9.17) is 10.00 Å². The summed E-state index contributed by atoms with van der Waals surface area (Å²) < 4.78 is 32.8. The first-order valence-corrected chi connectivity index (χ1v) is 13.1. The number of amides is 1. The summed E-state index contributed by atoms with van der Waals surface area (Å²) in [4.78, 5) is 29.2. The van der Waals surface area contributed by atoms with E-state index in [1.165, 1.54) is 21.3 Å². The van der Waals surface area contributed by atoms with E-state index in [0.717, 1.165) is 25.9 Å². The molecule has 35 heavy (non-hydrogen) atoms. The number of hydrogen-bond acceptors (Lipinski definition) is 7. The number of hydrogen-bond donors (Lipinski definition) is 0. The molecule has 10 heteroatoms. The summed E-state index contributed by atoms with van der Waals surface area (Å²) in [6.07, 6.45) is 1.93. The summed E-state index contributed by atoms with van der Waals surface area (Å²) in [7, 11) is -3.79. The summed E-state index contributed by atoms with van der Waals surface area (Å²) in [5.41, 5.74) is 1.19. The van der Waals surface area contributed by atoms with E-state index < -0.39 is 28.5 Å². The normalized spacial score (nSPS) is 13.5. The molecule has 0 atom stereocenters. The molecule has 0 bridgehead atoms. The Morgan fingerprint density at radius 1 is 1.06 bits per heavy atom. The molecule has 186 valence electrons. The number of rotatable bonds is 10. The van der Waals surface area contributed by atoms with Crippen LogP contribution in [-0.2, 0) is 19.6 Å². The fraction of sp³-hybridized carbons (Fsp3) is 0.400. The first kappa shape index (κ1) is 26.2. The van der Waals surface area contributed by atoms with Crippen LogP contribution in [0.1, 0.15) is 37.0 Å². The lowest BCUT2D eigenvalue weighted by molar-refractivity contribution is -0.121. The number of para-hydroxylation sites is 1. The zero-order chi connectivity index (χ0) is 25.4. The minimum atomic E-state index is -3.79. The van der Waals surface area contributed by atoms with Crippen LogP contribution in [0.2, 0.25) is 0 Å². The van der Waals surface area contributed by atoms with Crippen LogP contribution in [0.3, 0.4) is 0 Å². The Hall–Kier alpha value is -3.42. The van der Waals surface area contributed by atoms with Gasteiger partial charge in [-0.25, -0.2) is 13.2 Å².